The summed E-state index contributed by atoms with van der Waals surface area (Å²) in [6.45, 7) is 0. The molecule has 2 aromatic rings. The minimum Gasteiger partial charge on any atom is -0.495 e. The van der Waals surface area contributed by atoms with Crippen LogP contribution in [0.25, 0.3) is 0 Å². The molecule has 2 N–H and O–H groups in total. The maximum absolute atomic E-state index is 13.1. The van der Waals surface area contributed by atoms with E-state index in [-0.39, 0.29) is 10.6 Å². The lowest BCUT2D eigenvalue weighted by Gasteiger charge is -2.08. The van der Waals surface area contributed by atoms with Gasteiger partial charge in [0.05, 0.1) is 23.4 Å². The number of sulfone groups is 1. The van der Waals surface area contributed by atoms with E-state index in [1.807, 2.05) is 0 Å². The van der Waals surface area contributed by atoms with Crippen LogP contribution >= 0.6 is 0 Å². The van der Waals surface area contributed by atoms with Crippen molar-refractivity contribution in [3.05, 3.63) is 53.6 Å². The molecule has 0 aliphatic carbocycles. The van der Waals surface area contributed by atoms with Crippen molar-refractivity contribution in [1.82, 2.24) is 0 Å². The van der Waals surface area contributed by atoms with Gasteiger partial charge in [-0.2, -0.15) is 0 Å². The molecule has 0 saturated carbocycles. The summed E-state index contributed by atoms with van der Waals surface area (Å²) in [7, 11) is -2.34. The number of ether oxygens (including phenoxy) is 1. The van der Waals surface area contributed by atoms with E-state index >= 15 is 0 Å². The van der Waals surface area contributed by atoms with E-state index in [9.17, 15) is 17.2 Å². The maximum Gasteiger partial charge on any atom is 0.182 e. The van der Waals surface area contributed by atoms with E-state index in [0.717, 1.165) is 12.1 Å². The Labute approximate surface area is 121 Å². The van der Waals surface area contributed by atoms with Crippen LogP contribution in [0, 0.1) is 11.6 Å². The third-order valence-electron chi connectivity index (χ3n) is 2.90. The molecule has 21 heavy (non-hydrogen) atoms. The Morgan fingerprint density at radius 1 is 1.10 bits per heavy atom. The second-order valence-electron chi connectivity index (χ2n) is 4.41. The zero-order valence-electron chi connectivity index (χ0n) is 11.1. The number of methoxy groups -OCH3 is 1. The first kappa shape index (κ1) is 15.2. The van der Waals surface area contributed by atoms with Crippen LogP contribution in [0.2, 0.25) is 0 Å². The molecule has 0 atom stereocenters. The van der Waals surface area contributed by atoms with Crippen molar-refractivity contribution in [2.75, 3.05) is 12.8 Å². The molecule has 0 amide bonds. The first-order valence-corrected chi connectivity index (χ1v) is 7.59. The van der Waals surface area contributed by atoms with Crippen molar-refractivity contribution in [1.29, 1.82) is 0 Å². The number of hydrogen-bond donors (Lipinski definition) is 1. The molecule has 0 spiro atoms. The predicted octanol–water partition coefficient (Wildman–Crippen LogP) is 2.53. The number of benzene rings is 2. The van der Waals surface area contributed by atoms with Crippen molar-refractivity contribution in [2.24, 2.45) is 0 Å². The lowest BCUT2D eigenvalue weighted by Crippen LogP contribution is -2.06. The Morgan fingerprint density at radius 3 is 2.38 bits per heavy atom. The zero-order chi connectivity index (χ0) is 15.6. The Balaban J connectivity index is 2.32. The average molecular weight is 313 g/mol. The topological polar surface area (TPSA) is 69.4 Å². The van der Waals surface area contributed by atoms with Crippen LogP contribution in [0.3, 0.4) is 0 Å². The number of nitrogen functional groups attached to an aromatic ring is 1. The first-order chi connectivity index (χ1) is 9.83. The van der Waals surface area contributed by atoms with Gasteiger partial charge in [-0.3, -0.25) is 0 Å². The van der Waals surface area contributed by atoms with Crippen molar-refractivity contribution in [3.63, 3.8) is 0 Å². The highest BCUT2D eigenvalue weighted by atomic mass is 32.2. The largest absolute Gasteiger partial charge is 0.495 e. The summed E-state index contributed by atoms with van der Waals surface area (Å²) >= 11 is 0. The first-order valence-electron chi connectivity index (χ1n) is 5.93. The lowest BCUT2D eigenvalue weighted by atomic mass is 10.2. The monoisotopic (exact) mass is 313 g/mol. The van der Waals surface area contributed by atoms with Crippen molar-refractivity contribution < 1.29 is 21.9 Å². The highest BCUT2D eigenvalue weighted by Crippen LogP contribution is 2.25. The molecule has 0 aromatic heterocycles. The minimum atomic E-state index is -3.79. The van der Waals surface area contributed by atoms with Crippen molar-refractivity contribution >= 4 is 15.5 Å². The van der Waals surface area contributed by atoms with Gasteiger partial charge >= 0.3 is 0 Å². The molecule has 112 valence electrons. The Hall–Kier alpha value is -2.15. The van der Waals surface area contributed by atoms with Gasteiger partial charge in [0.1, 0.15) is 5.75 Å². The van der Waals surface area contributed by atoms with E-state index in [1.54, 1.807) is 12.1 Å². The molecule has 0 unspecified atom stereocenters. The standard InChI is InChI=1S/C14H13F2NO3S/c1-20-14-5-2-9(6-13(14)17)8-21(18,19)10-3-4-11(15)12(16)7-10/h2-7H,8,17H2,1H3. The number of halogens is 2. The third-order valence-corrected chi connectivity index (χ3v) is 4.59. The van der Waals surface area contributed by atoms with Gasteiger partial charge in [-0.05, 0) is 35.9 Å². The molecular formula is C14H13F2NO3S. The smallest absolute Gasteiger partial charge is 0.182 e. The summed E-state index contributed by atoms with van der Waals surface area (Å²) in [4.78, 5) is -0.282. The van der Waals surface area contributed by atoms with Gasteiger partial charge in [0.15, 0.2) is 21.5 Å². The fourth-order valence-corrected chi connectivity index (χ4v) is 3.19. The molecule has 0 fully saturated rings. The molecule has 0 saturated heterocycles. The molecule has 2 rings (SSSR count). The Bertz CT molecular complexity index is 776. The van der Waals surface area contributed by atoms with Crippen LogP contribution in [0.5, 0.6) is 5.75 Å². The van der Waals surface area contributed by atoms with Gasteiger partial charge in [0, 0.05) is 0 Å². The minimum absolute atomic E-state index is 0.282. The summed E-state index contributed by atoms with van der Waals surface area (Å²) in [5, 5.41) is 0. The molecule has 2 aromatic carbocycles. The third kappa shape index (κ3) is 3.30. The van der Waals surface area contributed by atoms with Gasteiger partial charge in [-0.25, -0.2) is 17.2 Å². The van der Waals surface area contributed by atoms with E-state index < -0.39 is 21.5 Å². The summed E-state index contributed by atoms with van der Waals surface area (Å²) < 4.78 is 55.3. The Kier molecular flexibility index (Phi) is 4.13. The highest BCUT2D eigenvalue weighted by Gasteiger charge is 2.18. The number of hydrogen-bond acceptors (Lipinski definition) is 4. The molecule has 0 aliphatic heterocycles. The summed E-state index contributed by atoms with van der Waals surface area (Å²) in [5.74, 6) is -2.23. The van der Waals surface area contributed by atoms with Gasteiger partial charge in [-0.15, -0.1) is 0 Å². The van der Waals surface area contributed by atoms with Crippen molar-refractivity contribution in [3.8, 4) is 5.75 Å². The van der Waals surface area contributed by atoms with E-state index in [4.69, 9.17) is 10.5 Å². The summed E-state index contributed by atoms with van der Waals surface area (Å²) in [6, 6.07) is 7.04. The van der Waals surface area contributed by atoms with Crippen LogP contribution in [0.1, 0.15) is 5.56 Å². The quantitative estimate of drug-likeness (QED) is 0.695. The lowest BCUT2D eigenvalue weighted by molar-refractivity contribution is 0.417. The molecule has 4 nitrogen and oxygen atoms in total. The van der Waals surface area contributed by atoms with E-state index in [0.29, 0.717) is 23.1 Å². The van der Waals surface area contributed by atoms with E-state index in [2.05, 4.69) is 0 Å². The van der Waals surface area contributed by atoms with Gasteiger partial charge in [0.2, 0.25) is 0 Å². The summed E-state index contributed by atoms with van der Waals surface area (Å²) in [5.41, 5.74) is 6.43. The van der Waals surface area contributed by atoms with Gasteiger partial charge < -0.3 is 10.5 Å². The molecule has 0 heterocycles. The molecule has 0 bridgehead atoms. The van der Waals surface area contributed by atoms with Crippen LogP contribution in [0.4, 0.5) is 14.5 Å². The average Bonchev–Trinajstić information content (AvgIpc) is 2.41. The molecule has 0 aliphatic rings. The number of anilines is 1. The van der Waals surface area contributed by atoms with Crippen LogP contribution in [-0.2, 0) is 15.6 Å². The molecule has 7 heteroatoms. The van der Waals surface area contributed by atoms with E-state index in [1.165, 1.54) is 13.2 Å². The fourth-order valence-electron chi connectivity index (χ4n) is 1.85. The second-order valence-corrected chi connectivity index (χ2v) is 6.40. The number of rotatable bonds is 4. The second kappa shape index (κ2) is 5.69. The maximum atomic E-state index is 13.1. The molecular weight excluding hydrogens is 300 g/mol. The van der Waals surface area contributed by atoms with Crippen molar-refractivity contribution in [2.45, 2.75) is 10.6 Å². The number of nitrogens with two attached hydrogens (primary N) is 1. The van der Waals surface area contributed by atoms with Crippen LogP contribution in [0.15, 0.2) is 41.3 Å². The van der Waals surface area contributed by atoms with Gasteiger partial charge in [-0.1, -0.05) is 6.07 Å². The predicted molar refractivity (Wildman–Crippen MR) is 74.7 cm³/mol. The van der Waals surface area contributed by atoms with Gasteiger partial charge in [0.25, 0.3) is 0 Å². The normalized spacial score (nSPS) is 11.4. The molecule has 0 radical (unpaired) electrons. The van der Waals surface area contributed by atoms with Crippen LogP contribution in [-0.4, -0.2) is 15.5 Å². The SMILES string of the molecule is COc1ccc(CS(=O)(=O)c2ccc(F)c(F)c2)cc1N. The van der Waals surface area contributed by atoms with Crippen LogP contribution < -0.4 is 10.5 Å². The zero-order valence-corrected chi connectivity index (χ0v) is 12.0. The highest BCUT2D eigenvalue weighted by molar-refractivity contribution is 7.90. The Morgan fingerprint density at radius 2 is 1.81 bits per heavy atom. The summed E-state index contributed by atoms with van der Waals surface area (Å²) in [6.07, 6.45) is 0. The fraction of sp³-hybridized carbons (Fsp3) is 0.143.